The Labute approximate surface area is 365 Å². The van der Waals surface area contributed by atoms with Gasteiger partial charge in [0.25, 0.3) is 0 Å². The minimum atomic E-state index is -0.511. The lowest BCUT2D eigenvalue weighted by atomic mass is 9.80. The lowest BCUT2D eigenvalue weighted by molar-refractivity contribution is -0.307. The third-order valence-corrected chi connectivity index (χ3v) is 12.0. The predicted molar refractivity (Wildman–Crippen MR) is 244 cm³/mol. The largest absolute Gasteiger partial charge is 0.875 e. The second kappa shape index (κ2) is 21.0. The van der Waals surface area contributed by atoms with Crippen LogP contribution in [-0.2, 0) is 30.5 Å². The number of nitrogens with one attached hydrogen (secondary N) is 1. The Kier molecular flexibility index (Phi) is 14.8. The third-order valence-electron chi connectivity index (χ3n) is 12.0. The highest BCUT2D eigenvalue weighted by atomic mass is 16.5. The molecule has 2 heterocycles. The Morgan fingerprint density at radius 3 is 2.56 bits per heavy atom. The number of carbonyl (C=O) groups excluding carboxylic acids is 1. The molecule has 0 saturated carbocycles. The van der Waals surface area contributed by atoms with Gasteiger partial charge in [-0.3, -0.25) is 9.79 Å². The lowest BCUT2D eigenvalue weighted by Gasteiger charge is -2.29. The van der Waals surface area contributed by atoms with Gasteiger partial charge in [-0.15, -0.1) is 5.76 Å². The van der Waals surface area contributed by atoms with E-state index in [0.29, 0.717) is 60.6 Å². The highest BCUT2D eigenvalue weighted by molar-refractivity contribution is 6.06. The number of carbonyl (C=O) groups is 1. The van der Waals surface area contributed by atoms with Crippen LogP contribution in [0.3, 0.4) is 0 Å². The minimum Gasteiger partial charge on any atom is -0.875 e. The molecule has 0 bridgehead atoms. The van der Waals surface area contributed by atoms with Crippen LogP contribution < -0.4 is 20.9 Å². The molecule has 0 amide bonds. The molecule has 9 nitrogen and oxygen atoms in total. The number of rotatable bonds is 18. The van der Waals surface area contributed by atoms with Crippen LogP contribution in [0.1, 0.15) is 114 Å². The number of aliphatic hydroxyl groups excluding tert-OH is 1. The van der Waals surface area contributed by atoms with Gasteiger partial charge >= 0.3 is 0 Å². The van der Waals surface area contributed by atoms with E-state index in [4.69, 9.17) is 10.5 Å². The van der Waals surface area contributed by atoms with Crippen molar-refractivity contribution in [3.8, 4) is 29.1 Å². The predicted octanol–water partition coefficient (Wildman–Crippen LogP) is 8.14. The first-order valence-corrected chi connectivity index (χ1v) is 21.8. The molecule has 7 rings (SSSR count). The number of phenols is 2. The number of aryl methyl sites for hydroxylation is 2. The summed E-state index contributed by atoms with van der Waals surface area (Å²) in [5, 5.41) is 48.4. The van der Waals surface area contributed by atoms with Crippen LogP contribution in [-0.4, -0.2) is 40.0 Å². The van der Waals surface area contributed by atoms with Gasteiger partial charge in [0.1, 0.15) is 11.9 Å². The van der Waals surface area contributed by atoms with Crippen molar-refractivity contribution in [3.63, 3.8) is 0 Å². The summed E-state index contributed by atoms with van der Waals surface area (Å²) in [7, 11) is 0. The van der Waals surface area contributed by atoms with Crippen LogP contribution >= 0.6 is 0 Å². The number of ether oxygens (including phenoxy) is 1. The van der Waals surface area contributed by atoms with E-state index < -0.39 is 12.1 Å². The number of aliphatic hydroxyl groups is 1. The van der Waals surface area contributed by atoms with E-state index in [1.54, 1.807) is 36.6 Å². The number of fused-ring (bicyclic) bond motifs is 3. The molecule has 62 heavy (non-hydrogen) atoms. The summed E-state index contributed by atoms with van der Waals surface area (Å²) in [6.07, 6.45) is 18.0. The lowest BCUT2D eigenvalue weighted by Crippen LogP contribution is -2.27. The summed E-state index contributed by atoms with van der Waals surface area (Å²) in [5.41, 5.74) is 15.9. The maximum atomic E-state index is 13.9. The van der Waals surface area contributed by atoms with Crippen molar-refractivity contribution >= 4 is 17.6 Å². The fraction of sp³-hybridized carbons (Fsp3) is 0.321. The Hall–Kier alpha value is -6.34. The summed E-state index contributed by atoms with van der Waals surface area (Å²) in [6, 6.07) is 23.0. The van der Waals surface area contributed by atoms with Crippen LogP contribution in [0, 0.1) is 17.8 Å². The normalized spacial score (nSPS) is 17.0. The molecule has 3 aliphatic rings. The Morgan fingerprint density at radius 2 is 1.74 bits per heavy atom. The highest BCUT2D eigenvalue weighted by Crippen LogP contribution is 2.41. The van der Waals surface area contributed by atoms with Gasteiger partial charge < -0.3 is 36.2 Å². The zero-order chi connectivity index (χ0) is 43.4. The highest BCUT2D eigenvalue weighted by Gasteiger charge is 2.26. The minimum absolute atomic E-state index is 0.0152. The van der Waals surface area contributed by atoms with Crippen molar-refractivity contribution in [3.05, 3.63) is 165 Å². The summed E-state index contributed by atoms with van der Waals surface area (Å²) >= 11 is 0. The van der Waals surface area contributed by atoms with Crippen molar-refractivity contribution < 1.29 is 30.0 Å². The summed E-state index contributed by atoms with van der Waals surface area (Å²) in [5.74, 6) is 7.03. The van der Waals surface area contributed by atoms with Gasteiger partial charge in [0.05, 0.1) is 18.7 Å². The maximum absolute atomic E-state index is 13.9. The smallest absolute Gasteiger partial charge is 0.161 e. The fourth-order valence-corrected chi connectivity index (χ4v) is 8.47. The number of benzene rings is 4. The van der Waals surface area contributed by atoms with E-state index in [-0.39, 0.29) is 42.7 Å². The quantitative estimate of drug-likeness (QED) is 0.0382. The molecule has 2 aliphatic heterocycles. The van der Waals surface area contributed by atoms with Crippen LogP contribution in [0.15, 0.2) is 120 Å². The molecular weight excluding hydrogens is 775 g/mol. The Balaban J connectivity index is 0.944. The van der Waals surface area contributed by atoms with Crippen LogP contribution in [0.25, 0.3) is 6.08 Å². The van der Waals surface area contributed by atoms with Crippen molar-refractivity contribution in [2.75, 3.05) is 13.2 Å². The van der Waals surface area contributed by atoms with Crippen LogP contribution in [0.5, 0.6) is 17.2 Å². The first-order valence-electron chi connectivity index (χ1n) is 21.8. The number of allylic oxidation sites excluding steroid dienone is 5. The number of nitrogens with two attached hydrogens (primary N) is 1. The van der Waals surface area contributed by atoms with Gasteiger partial charge in [0, 0.05) is 42.7 Å². The second-order valence-electron chi connectivity index (χ2n) is 16.5. The van der Waals surface area contributed by atoms with E-state index in [1.165, 1.54) is 11.1 Å². The van der Waals surface area contributed by atoms with E-state index in [0.717, 1.165) is 65.5 Å². The van der Waals surface area contributed by atoms with Crippen LogP contribution in [0.4, 0.5) is 0 Å². The summed E-state index contributed by atoms with van der Waals surface area (Å²) in [4.78, 5) is 17.1. The molecule has 320 valence electrons. The van der Waals surface area contributed by atoms with Gasteiger partial charge in [-0.1, -0.05) is 73.7 Å². The number of ketones is 1. The third kappa shape index (κ3) is 11.1. The van der Waals surface area contributed by atoms with Gasteiger partial charge in [0.15, 0.2) is 17.3 Å². The molecule has 0 fully saturated rings. The fourth-order valence-electron chi connectivity index (χ4n) is 8.47. The molecule has 6 N–H and O–H groups in total. The van der Waals surface area contributed by atoms with Gasteiger partial charge in [-0.25, -0.2) is 0 Å². The van der Waals surface area contributed by atoms with Gasteiger partial charge in [-0.05, 0) is 150 Å². The molecule has 4 aromatic rings. The summed E-state index contributed by atoms with van der Waals surface area (Å²) in [6.45, 7) is 2.69. The molecule has 0 aromatic heterocycles. The SMILES string of the molecule is CC(CCCC=CC(=O)CCc1ccc(O)c(OCCc2ccc(O)c(C3CC([O-])=C4C=CN=C4CC#Cc4cc5c(cc43)C=CNC5N)c2)c1)CCc1ccccc1CCO. The zero-order valence-corrected chi connectivity index (χ0v) is 35.4. The van der Waals surface area contributed by atoms with E-state index in [1.807, 2.05) is 54.8 Å². The molecule has 3 unspecified atom stereocenters. The average Bonchev–Trinajstić information content (AvgIpc) is 3.75. The van der Waals surface area contributed by atoms with E-state index in [9.17, 15) is 25.2 Å². The monoisotopic (exact) mass is 830 g/mol. The first-order chi connectivity index (χ1) is 30.2. The maximum Gasteiger partial charge on any atom is 0.161 e. The number of unbranched alkanes of at least 4 members (excludes halogenated alkanes) is 1. The molecular formula is C53H56N3O6-. The number of nitrogens with zero attached hydrogens (tertiary/aromatic N) is 1. The van der Waals surface area contributed by atoms with Gasteiger partial charge in [0.2, 0.25) is 0 Å². The van der Waals surface area contributed by atoms with Crippen molar-refractivity contribution in [2.45, 2.75) is 89.6 Å². The topological polar surface area (TPSA) is 160 Å². The standard InChI is InChI=1S/C53H57N3O6/c1-35(14-18-38-9-5-6-10-39(38)24-28-57)8-3-2-4-12-42(58)19-15-36-17-21-50(60)52(31-36)62-29-25-37-16-20-49(59)47(30-37)46-34-51(61)43-23-27-55-48(43)13-7-11-40-33-45-41(32-44(40)46)22-26-56-53(45)54/h4-6,9-10,12,16-17,20-23,26-27,30-33,35,46,53,56-57,59-61H,2-3,8,13-15,18-19,24-25,28-29,34,54H2,1H3/p-1. The molecule has 4 aromatic carbocycles. The second-order valence-corrected chi connectivity index (χ2v) is 16.5. The first kappa shape index (κ1) is 43.7. The Bertz CT molecular complexity index is 2480. The van der Waals surface area contributed by atoms with Gasteiger partial charge in [-0.2, -0.15) is 0 Å². The molecule has 0 spiro atoms. The number of aromatic hydroxyl groups is 2. The van der Waals surface area contributed by atoms with Crippen molar-refractivity contribution in [1.29, 1.82) is 0 Å². The van der Waals surface area contributed by atoms with Crippen LogP contribution in [0.2, 0.25) is 0 Å². The number of hydrogen-bond acceptors (Lipinski definition) is 9. The average molecular weight is 831 g/mol. The zero-order valence-electron chi connectivity index (χ0n) is 35.4. The molecule has 0 saturated heterocycles. The van der Waals surface area contributed by atoms with E-state index >= 15 is 0 Å². The number of phenolic OH excluding ortho intramolecular Hbond substituents is 2. The molecule has 9 heteroatoms. The van der Waals surface area contributed by atoms with Crippen molar-refractivity contribution in [1.82, 2.24) is 5.32 Å². The molecule has 1 aliphatic carbocycles. The number of hydrogen-bond donors (Lipinski definition) is 5. The van der Waals surface area contributed by atoms with Crippen molar-refractivity contribution in [2.24, 2.45) is 16.6 Å². The molecule has 3 atom stereocenters. The van der Waals surface area contributed by atoms with E-state index in [2.05, 4.69) is 47.3 Å². The Morgan fingerprint density at radius 1 is 0.952 bits per heavy atom. The molecule has 0 radical (unpaired) electrons. The summed E-state index contributed by atoms with van der Waals surface area (Å²) < 4.78 is 6.09. The number of aliphatic imine (C=N–C) groups is 1.